The number of rotatable bonds is 2. The topological polar surface area (TPSA) is 83.4 Å². The van der Waals surface area contributed by atoms with E-state index < -0.39 is 5.82 Å². The number of hydrogen-bond acceptors (Lipinski definition) is 4. The van der Waals surface area contributed by atoms with Gasteiger partial charge in [-0.3, -0.25) is 0 Å². The Hall–Kier alpha value is -2.84. The molecule has 0 aliphatic heterocycles. The zero-order chi connectivity index (χ0) is 12.0. The van der Waals surface area contributed by atoms with Gasteiger partial charge in [-0.05, 0) is 18.2 Å². The molecule has 0 saturated carbocycles. The molecular weight excluding hydrogens is 207 g/mol. The van der Waals surface area contributed by atoms with Gasteiger partial charge < -0.3 is 5.32 Å². The number of nitrogens with zero attached hydrogens (tertiary/aromatic N) is 3. The lowest BCUT2D eigenvalue weighted by Gasteiger charge is -2.01. The van der Waals surface area contributed by atoms with Gasteiger partial charge in [-0.2, -0.15) is 15.8 Å². The van der Waals surface area contributed by atoms with Gasteiger partial charge in [-0.15, -0.1) is 0 Å². The lowest BCUT2D eigenvalue weighted by Crippen LogP contribution is -1.93. The minimum absolute atomic E-state index is 0.0991. The van der Waals surface area contributed by atoms with Crippen molar-refractivity contribution in [1.82, 2.24) is 0 Å². The second kappa shape index (κ2) is 5.14. The Balaban J connectivity index is 2.94. The van der Waals surface area contributed by atoms with E-state index in [1.807, 2.05) is 0 Å². The van der Waals surface area contributed by atoms with Crippen LogP contribution in [0.1, 0.15) is 5.56 Å². The first-order valence-corrected chi connectivity index (χ1v) is 4.18. The summed E-state index contributed by atoms with van der Waals surface area (Å²) in [5.74, 6) is -0.620. The van der Waals surface area contributed by atoms with Gasteiger partial charge in [0.25, 0.3) is 0 Å². The highest BCUT2D eigenvalue weighted by atomic mass is 19.1. The molecule has 0 atom stereocenters. The highest BCUT2D eigenvalue weighted by Crippen LogP contribution is 2.15. The predicted octanol–water partition coefficient (Wildman–Crippen LogP) is 2.04. The number of halogens is 1. The van der Waals surface area contributed by atoms with E-state index in [1.54, 1.807) is 18.2 Å². The van der Waals surface area contributed by atoms with Crippen LogP contribution in [-0.2, 0) is 0 Å². The van der Waals surface area contributed by atoms with E-state index in [1.165, 1.54) is 12.1 Å². The molecule has 1 aromatic rings. The van der Waals surface area contributed by atoms with E-state index in [4.69, 9.17) is 15.8 Å². The molecule has 0 aliphatic rings. The maximum absolute atomic E-state index is 13.3. The van der Waals surface area contributed by atoms with Crippen LogP contribution in [0.25, 0.3) is 0 Å². The van der Waals surface area contributed by atoms with E-state index >= 15 is 0 Å². The van der Waals surface area contributed by atoms with Crippen molar-refractivity contribution in [3.05, 3.63) is 41.4 Å². The van der Waals surface area contributed by atoms with Gasteiger partial charge in [0.15, 0.2) is 0 Å². The summed E-state index contributed by atoms with van der Waals surface area (Å²) in [7, 11) is 0. The molecule has 0 unspecified atom stereocenters. The van der Waals surface area contributed by atoms with Crippen molar-refractivity contribution in [2.45, 2.75) is 0 Å². The van der Waals surface area contributed by atoms with Crippen molar-refractivity contribution in [1.29, 1.82) is 15.8 Å². The highest BCUT2D eigenvalue weighted by Gasteiger charge is 2.02. The zero-order valence-electron chi connectivity index (χ0n) is 8.03. The molecule has 0 aliphatic carbocycles. The molecular formula is C11H5FN4. The Morgan fingerprint density at radius 1 is 1.25 bits per heavy atom. The number of nitriles is 3. The Bertz CT molecular complexity index is 539. The second-order valence-electron chi connectivity index (χ2n) is 2.73. The average molecular weight is 212 g/mol. The van der Waals surface area contributed by atoms with Crippen LogP contribution >= 0.6 is 0 Å². The first-order valence-electron chi connectivity index (χ1n) is 4.18. The number of benzene rings is 1. The molecule has 0 saturated heterocycles. The minimum atomic E-state index is -0.620. The van der Waals surface area contributed by atoms with Crippen molar-refractivity contribution in [3.8, 4) is 18.2 Å². The first-order chi connectivity index (χ1) is 7.71. The maximum Gasteiger partial charge on any atom is 0.147 e. The molecule has 0 spiro atoms. The second-order valence-corrected chi connectivity index (χ2v) is 2.73. The fourth-order valence-electron chi connectivity index (χ4n) is 0.941. The van der Waals surface area contributed by atoms with E-state index in [0.717, 1.165) is 12.3 Å². The molecule has 16 heavy (non-hydrogen) atoms. The fourth-order valence-corrected chi connectivity index (χ4v) is 0.941. The quantitative estimate of drug-likeness (QED) is 0.760. The summed E-state index contributed by atoms with van der Waals surface area (Å²) in [6.07, 6.45) is 1.10. The lowest BCUT2D eigenvalue weighted by molar-refractivity contribution is 0.631. The third-order valence-electron chi connectivity index (χ3n) is 1.71. The van der Waals surface area contributed by atoms with Gasteiger partial charge in [-0.25, -0.2) is 4.39 Å². The molecule has 0 heterocycles. The minimum Gasteiger partial charge on any atom is -0.357 e. The zero-order valence-corrected chi connectivity index (χ0v) is 8.03. The summed E-state index contributed by atoms with van der Waals surface area (Å²) in [5, 5.41) is 27.9. The molecule has 0 fully saturated rings. The number of allylic oxidation sites excluding steroid dienone is 1. The molecule has 0 radical (unpaired) electrons. The van der Waals surface area contributed by atoms with Gasteiger partial charge in [0.05, 0.1) is 17.3 Å². The molecule has 0 aromatic heterocycles. The largest absolute Gasteiger partial charge is 0.357 e. The third kappa shape index (κ3) is 2.57. The number of nitrogens with one attached hydrogen (secondary N) is 1. The van der Waals surface area contributed by atoms with Crippen molar-refractivity contribution in [2.75, 3.05) is 5.32 Å². The van der Waals surface area contributed by atoms with Crippen LogP contribution in [0.5, 0.6) is 0 Å². The van der Waals surface area contributed by atoms with Gasteiger partial charge in [-0.1, -0.05) is 0 Å². The summed E-state index contributed by atoms with van der Waals surface area (Å²) >= 11 is 0. The molecule has 4 nitrogen and oxygen atoms in total. The van der Waals surface area contributed by atoms with E-state index in [-0.39, 0.29) is 16.8 Å². The van der Waals surface area contributed by atoms with Gasteiger partial charge in [0.2, 0.25) is 0 Å². The Labute approximate surface area is 91.5 Å². The molecule has 0 bridgehead atoms. The van der Waals surface area contributed by atoms with Crippen molar-refractivity contribution in [3.63, 3.8) is 0 Å². The Morgan fingerprint density at radius 3 is 2.44 bits per heavy atom. The van der Waals surface area contributed by atoms with Gasteiger partial charge in [0, 0.05) is 6.20 Å². The number of hydrogen-bond donors (Lipinski definition) is 1. The summed E-state index contributed by atoms with van der Waals surface area (Å²) in [4.78, 5) is 0. The summed E-state index contributed by atoms with van der Waals surface area (Å²) in [6.45, 7) is 0. The predicted molar refractivity (Wildman–Crippen MR) is 54.0 cm³/mol. The summed E-state index contributed by atoms with van der Waals surface area (Å²) in [5.41, 5.74) is 0.138. The SMILES string of the molecule is N#CC(C#N)=CNc1ccc(C#N)cc1F. The summed E-state index contributed by atoms with van der Waals surface area (Å²) in [6, 6.07) is 8.90. The van der Waals surface area contributed by atoms with Crippen LogP contribution in [0.2, 0.25) is 0 Å². The van der Waals surface area contributed by atoms with Crippen LogP contribution in [0.15, 0.2) is 30.0 Å². The van der Waals surface area contributed by atoms with E-state index in [9.17, 15) is 4.39 Å². The molecule has 1 N–H and O–H groups in total. The van der Waals surface area contributed by atoms with Crippen LogP contribution in [0.4, 0.5) is 10.1 Å². The lowest BCUT2D eigenvalue weighted by atomic mass is 10.2. The molecule has 76 valence electrons. The Morgan fingerprint density at radius 2 is 1.94 bits per heavy atom. The Kier molecular flexibility index (Phi) is 3.61. The highest BCUT2D eigenvalue weighted by molar-refractivity contribution is 5.52. The smallest absolute Gasteiger partial charge is 0.147 e. The number of anilines is 1. The molecule has 1 rings (SSSR count). The average Bonchev–Trinajstić information content (AvgIpc) is 2.32. The van der Waals surface area contributed by atoms with Crippen LogP contribution < -0.4 is 5.32 Å². The standard InChI is InChI=1S/C11H5FN4/c12-10-3-8(4-13)1-2-11(10)16-7-9(5-14)6-15/h1-3,7,16H. The van der Waals surface area contributed by atoms with Crippen LogP contribution in [0.3, 0.4) is 0 Å². The van der Waals surface area contributed by atoms with Gasteiger partial charge >= 0.3 is 0 Å². The van der Waals surface area contributed by atoms with E-state index in [2.05, 4.69) is 5.32 Å². The summed E-state index contributed by atoms with van der Waals surface area (Å²) < 4.78 is 13.3. The third-order valence-corrected chi connectivity index (χ3v) is 1.71. The molecule has 5 heteroatoms. The van der Waals surface area contributed by atoms with Crippen LogP contribution in [0, 0.1) is 39.8 Å². The molecule has 0 amide bonds. The van der Waals surface area contributed by atoms with E-state index in [0.29, 0.717) is 0 Å². The van der Waals surface area contributed by atoms with Crippen molar-refractivity contribution < 1.29 is 4.39 Å². The van der Waals surface area contributed by atoms with Crippen molar-refractivity contribution in [2.24, 2.45) is 0 Å². The monoisotopic (exact) mass is 212 g/mol. The normalized spacial score (nSPS) is 8.12. The fraction of sp³-hybridized carbons (Fsp3) is 0. The van der Waals surface area contributed by atoms with Crippen molar-refractivity contribution >= 4 is 5.69 Å². The first kappa shape index (κ1) is 11.2. The van der Waals surface area contributed by atoms with Crippen LogP contribution in [-0.4, -0.2) is 0 Å². The maximum atomic E-state index is 13.3. The molecule has 1 aromatic carbocycles. The van der Waals surface area contributed by atoms with Gasteiger partial charge in [0.1, 0.15) is 23.5 Å².